The number of Topliss-reactive ketones (excluding diaryl/α,β-unsaturated/α-hetero) is 1. The van der Waals surface area contributed by atoms with Crippen LogP contribution in [0.4, 0.5) is 0 Å². The molecule has 0 aliphatic heterocycles. The van der Waals surface area contributed by atoms with E-state index in [1.165, 1.54) is 30.6 Å². The van der Waals surface area contributed by atoms with Crippen molar-refractivity contribution in [2.24, 2.45) is 5.73 Å². The van der Waals surface area contributed by atoms with Gasteiger partial charge in [0, 0.05) is 23.8 Å². The first kappa shape index (κ1) is 42.0. The first-order valence-corrected chi connectivity index (χ1v) is 17.6. The number of carboxylic acids is 2. The van der Waals surface area contributed by atoms with E-state index in [0.29, 0.717) is 43.6 Å². The first-order valence-electron chi connectivity index (χ1n) is 15.1. The number of methoxy groups -OCH3 is 1. The van der Waals surface area contributed by atoms with Crippen molar-refractivity contribution in [1.29, 1.82) is 0 Å². The van der Waals surface area contributed by atoms with E-state index >= 15 is 0 Å². The minimum absolute atomic E-state index is 0.0241. The van der Waals surface area contributed by atoms with E-state index in [0.717, 1.165) is 37.7 Å². The predicted octanol–water partition coefficient (Wildman–Crippen LogP) is 3.61. The normalized spacial score (nSPS) is 13.3. The Bertz CT molecular complexity index is 1050. The number of carbonyl (C=O) groups is 5. The second-order valence-corrected chi connectivity index (χ2v) is 12.8. The highest BCUT2D eigenvalue weighted by Gasteiger charge is 2.26. The lowest BCUT2D eigenvalue weighted by Crippen LogP contribution is -2.51. The highest BCUT2D eigenvalue weighted by atomic mass is 32.2. The van der Waals surface area contributed by atoms with Crippen LogP contribution in [0.3, 0.4) is 0 Å². The number of rotatable bonds is 24. The number of phenols is 1. The van der Waals surface area contributed by atoms with E-state index in [1.807, 2.05) is 13.2 Å². The van der Waals surface area contributed by atoms with Crippen LogP contribution in [-0.4, -0.2) is 93.6 Å². The summed E-state index contributed by atoms with van der Waals surface area (Å²) >= 11 is 2.94. The molecule has 256 valence electrons. The number of carboxylic acid groups (broad SMARTS) is 2. The standard InChI is InChI=1S/C26H40N2O7S2.C5H11NO2/c1-4-5-6-7-20(15-19(30)10-8-18-9-11-23(31)24(14-18)35-2)37-16-22(27-17-29)25(32)28-21(26(33)34)12-13-36-3;1-2-3-4(6)5(7)8/h9,11,14,17,20-22,31H,4-8,10,12-13,15-16H2,1-3H3,(H,27,29)(H,28,32)(H,33,34);4H,2-3,6H2,1H3,(H,7,8). The molecule has 0 saturated carbocycles. The number of nitrogens with one attached hydrogen (secondary N) is 2. The summed E-state index contributed by atoms with van der Waals surface area (Å²) < 4.78 is 5.13. The van der Waals surface area contributed by atoms with Gasteiger partial charge in [-0.25, -0.2) is 4.79 Å². The number of aromatic hydroxyl groups is 1. The molecule has 0 spiro atoms. The summed E-state index contributed by atoms with van der Waals surface area (Å²) in [6.45, 7) is 4.01. The van der Waals surface area contributed by atoms with Gasteiger partial charge in [-0.2, -0.15) is 23.5 Å². The zero-order valence-electron chi connectivity index (χ0n) is 26.8. The van der Waals surface area contributed by atoms with Gasteiger partial charge in [-0.3, -0.25) is 19.2 Å². The summed E-state index contributed by atoms with van der Waals surface area (Å²) in [6, 6.07) is 2.43. The van der Waals surface area contributed by atoms with Crippen LogP contribution in [0.15, 0.2) is 18.2 Å². The van der Waals surface area contributed by atoms with Crippen molar-refractivity contribution < 1.29 is 44.0 Å². The average Bonchev–Trinajstić information content (AvgIpc) is 3.00. The summed E-state index contributed by atoms with van der Waals surface area (Å²) in [6.07, 6.45) is 8.99. The molecule has 7 N–H and O–H groups in total. The summed E-state index contributed by atoms with van der Waals surface area (Å²) in [5.41, 5.74) is 6.02. The highest BCUT2D eigenvalue weighted by molar-refractivity contribution is 8.00. The summed E-state index contributed by atoms with van der Waals surface area (Å²) in [5.74, 6) is -1.26. The Morgan fingerprint density at radius 3 is 2.27 bits per heavy atom. The highest BCUT2D eigenvalue weighted by Crippen LogP contribution is 2.27. The fraction of sp³-hybridized carbons (Fsp3) is 0.645. The van der Waals surface area contributed by atoms with Crippen molar-refractivity contribution in [1.82, 2.24) is 10.6 Å². The second-order valence-electron chi connectivity index (χ2n) is 10.5. The zero-order valence-corrected chi connectivity index (χ0v) is 28.4. The summed E-state index contributed by atoms with van der Waals surface area (Å²) in [4.78, 5) is 58.1. The molecule has 0 aliphatic carbocycles. The van der Waals surface area contributed by atoms with Crippen LogP contribution in [0.1, 0.15) is 77.2 Å². The minimum atomic E-state index is -1.12. The number of benzene rings is 1. The lowest BCUT2D eigenvalue weighted by atomic mass is 10.0. The van der Waals surface area contributed by atoms with E-state index in [4.69, 9.17) is 15.6 Å². The summed E-state index contributed by atoms with van der Waals surface area (Å²) in [7, 11) is 1.47. The van der Waals surface area contributed by atoms with Crippen LogP contribution < -0.4 is 21.1 Å². The van der Waals surface area contributed by atoms with Crippen molar-refractivity contribution in [2.75, 3.05) is 24.9 Å². The number of nitrogens with two attached hydrogens (primary N) is 1. The number of aliphatic carboxylic acids is 2. The summed E-state index contributed by atoms with van der Waals surface area (Å²) in [5, 5.41) is 32.3. The number of thioether (sulfide) groups is 2. The maximum absolute atomic E-state index is 12.8. The molecule has 1 aromatic rings. The number of hydrogen-bond donors (Lipinski definition) is 6. The van der Waals surface area contributed by atoms with Gasteiger partial charge < -0.3 is 36.4 Å². The fourth-order valence-electron chi connectivity index (χ4n) is 4.10. The number of amides is 2. The van der Waals surface area contributed by atoms with Crippen LogP contribution in [0, 0.1) is 0 Å². The molecule has 4 unspecified atom stereocenters. The Kier molecular flexibility index (Phi) is 23.6. The quantitative estimate of drug-likeness (QED) is 0.0688. The van der Waals surface area contributed by atoms with Crippen molar-refractivity contribution in [3.05, 3.63) is 23.8 Å². The number of phenolic OH excluding ortho intramolecular Hbond substituents is 1. The van der Waals surface area contributed by atoms with Gasteiger partial charge in [0.2, 0.25) is 12.3 Å². The van der Waals surface area contributed by atoms with Gasteiger partial charge in [0.1, 0.15) is 23.9 Å². The van der Waals surface area contributed by atoms with E-state index in [1.54, 1.807) is 18.2 Å². The minimum Gasteiger partial charge on any atom is -0.504 e. The number of aryl methyl sites for hydroxylation is 1. The number of hydrogen-bond acceptors (Lipinski definition) is 10. The molecule has 0 heterocycles. The van der Waals surface area contributed by atoms with Crippen LogP contribution in [-0.2, 0) is 30.4 Å². The molecule has 12 nitrogen and oxygen atoms in total. The molecule has 0 radical (unpaired) electrons. The van der Waals surface area contributed by atoms with E-state index < -0.39 is 36.0 Å². The van der Waals surface area contributed by atoms with Gasteiger partial charge in [-0.15, -0.1) is 0 Å². The predicted molar refractivity (Wildman–Crippen MR) is 179 cm³/mol. The molecular formula is C31H51N3O9S2. The van der Waals surface area contributed by atoms with Gasteiger partial charge in [-0.05, 0) is 55.4 Å². The number of ether oxygens (including phenoxy) is 1. The molecule has 2 amide bonds. The van der Waals surface area contributed by atoms with Crippen LogP contribution in [0.2, 0.25) is 0 Å². The monoisotopic (exact) mass is 673 g/mol. The SMILES string of the molecule is CCCC(N)C(=O)O.CCCCCC(CC(=O)CCc1ccc(O)c(OC)c1)SCC(NC=O)C(=O)NC(CCSC)C(=O)O. The molecule has 45 heavy (non-hydrogen) atoms. The molecule has 14 heteroatoms. The number of ketones is 1. The van der Waals surface area contributed by atoms with Crippen LogP contribution in [0.25, 0.3) is 0 Å². The third-order valence-corrected chi connectivity index (χ3v) is 8.79. The Balaban J connectivity index is 0.00000212. The molecule has 0 aliphatic rings. The van der Waals surface area contributed by atoms with E-state index in [9.17, 15) is 34.2 Å². The Hall–Kier alpha value is -2.97. The molecule has 1 aromatic carbocycles. The third-order valence-electron chi connectivity index (χ3n) is 6.75. The molecular weight excluding hydrogens is 622 g/mol. The fourth-order valence-corrected chi connectivity index (χ4v) is 5.92. The first-order chi connectivity index (χ1) is 21.4. The average molecular weight is 674 g/mol. The Morgan fingerprint density at radius 2 is 1.73 bits per heavy atom. The molecule has 1 rings (SSSR count). The Morgan fingerprint density at radius 1 is 1.02 bits per heavy atom. The zero-order chi connectivity index (χ0) is 34.2. The third kappa shape index (κ3) is 19.2. The topological polar surface area (TPSA) is 205 Å². The van der Waals surface area contributed by atoms with E-state index in [2.05, 4.69) is 17.6 Å². The lowest BCUT2D eigenvalue weighted by Gasteiger charge is -2.22. The van der Waals surface area contributed by atoms with Crippen LogP contribution >= 0.6 is 23.5 Å². The van der Waals surface area contributed by atoms with Crippen molar-refractivity contribution in [3.63, 3.8) is 0 Å². The maximum atomic E-state index is 12.8. The van der Waals surface area contributed by atoms with Gasteiger partial charge in [0.15, 0.2) is 11.5 Å². The molecule has 0 fully saturated rings. The number of carbonyl (C=O) groups excluding carboxylic acids is 3. The molecule has 0 aromatic heterocycles. The van der Waals surface area contributed by atoms with Crippen LogP contribution in [0.5, 0.6) is 11.5 Å². The van der Waals surface area contributed by atoms with E-state index in [-0.39, 0.29) is 29.0 Å². The van der Waals surface area contributed by atoms with Crippen molar-refractivity contribution in [3.8, 4) is 11.5 Å². The van der Waals surface area contributed by atoms with Gasteiger partial charge in [0.25, 0.3) is 0 Å². The number of unbranched alkanes of at least 4 members (excludes halogenated alkanes) is 2. The smallest absolute Gasteiger partial charge is 0.326 e. The van der Waals surface area contributed by atoms with Crippen molar-refractivity contribution >= 4 is 53.6 Å². The maximum Gasteiger partial charge on any atom is 0.326 e. The van der Waals surface area contributed by atoms with Gasteiger partial charge in [-0.1, -0.05) is 45.6 Å². The molecule has 0 bridgehead atoms. The van der Waals surface area contributed by atoms with Crippen molar-refractivity contribution in [2.45, 2.75) is 101 Å². The molecule has 0 saturated heterocycles. The van der Waals surface area contributed by atoms with Gasteiger partial charge in [0.05, 0.1) is 7.11 Å². The second kappa shape index (κ2) is 25.2. The van der Waals surface area contributed by atoms with Gasteiger partial charge >= 0.3 is 11.9 Å². The Labute approximate surface area is 275 Å². The lowest BCUT2D eigenvalue weighted by molar-refractivity contribution is -0.142. The molecule has 4 atom stereocenters. The largest absolute Gasteiger partial charge is 0.504 e.